The largest absolute Gasteiger partial charge is 0.494 e. The number of carbonyl (C=O) groups is 1. The van der Waals surface area contributed by atoms with Gasteiger partial charge in [0.05, 0.1) is 22.7 Å². The molecule has 2 N–H and O–H groups in total. The standard InChI is InChI=1S/C24H22ClN3O4S/c1-2-32-22-12-14-23(15-13-22)33(30,31)28-21-10-8-19(9-11-21)24(29)27-26-17-20(25)16-18-6-4-3-5-7-18/h3-17,28H,2H2,1H3,(H,27,29)/b20-16-,26-17+. The number of nitrogens with zero attached hydrogens (tertiary/aromatic N) is 1. The van der Waals surface area contributed by atoms with Crippen molar-refractivity contribution in [2.75, 3.05) is 11.3 Å². The molecule has 3 aromatic carbocycles. The lowest BCUT2D eigenvalue weighted by molar-refractivity contribution is 0.0955. The van der Waals surface area contributed by atoms with Crippen LogP contribution in [0.3, 0.4) is 0 Å². The van der Waals surface area contributed by atoms with E-state index in [0.29, 0.717) is 28.6 Å². The van der Waals surface area contributed by atoms with E-state index >= 15 is 0 Å². The highest BCUT2D eigenvalue weighted by Crippen LogP contribution is 2.20. The number of ether oxygens (including phenoxy) is 1. The number of anilines is 1. The SMILES string of the molecule is CCOc1ccc(S(=O)(=O)Nc2ccc(C(=O)N/N=C/C(Cl)=C/c3ccccc3)cc2)cc1. The van der Waals surface area contributed by atoms with E-state index < -0.39 is 15.9 Å². The second kappa shape index (κ2) is 11.3. The van der Waals surface area contributed by atoms with Crippen LogP contribution in [0.1, 0.15) is 22.8 Å². The molecule has 0 aliphatic rings. The predicted octanol–water partition coefficient (Wildman–Crippen LogP) is 4.88. The number of hydrazone groups is 1. The van der Waals surface area contributed by atoms with Gasteiger partial charge >= 0.3 is 0 Å². The van der Waals surface area contributed by atoms with Crippen molar-refractivity contribution < 1.29 is 17.9 Å². The van der Waals surface area contributed by atoms with Gasteiger partial charge in [0.15, 0.2) is 0 Å². The quantitative estimate of drug-likeness (QED) is 0.335. The fraction of sp³-hybridized carbons (Fsp3) is 0.0833. The zero-order chi connectivity index (χ0) is 23.7. The van der Waals surface area contributed by atoms with Gasteiger partial charge in [-0.25, -0.2) is 13.8 Å². The number of nitrogens with one attached hydrogen (secondary N) is 2. The maximum Gasteiger partial charge on any atom is 0.271 e. The van der Waals surface area contributed by atoms with Crippen molar-refractivity contribution in [2.45, 2.75) is 11.8 Å². The summed E-state index contributed by atoms with van der Waals surface area (Å²) in [5.74, 6) is 0.127. The van der Waals surface area contributed by atoms with Crippen molar-refractivity contribution in [2.24, 2.45) is 5.10 Å². The molecule has 0 saturated carbocycles. The van der Waals surface area contributed by atoms with Crippen molar-refractivity contribution in [3.8, 4) is 5.75 Å². The van der Waals surface area contributed by atoms with Crippen LogP contribution >= 0.6 is 11.6 Å². The van der Waals surface area contributed by atoms with Gasteiger partial charge in [-0.15, -0.1) is 0 Å². The van der Waals surface area contributed by atoms with Crippen LogP contribution in [0.2, 0.25) is 0 Å². The predicted molar refractivity (Wildman–Crippen MR) is 131 cm³/mol. The molecule has 0 radical (unpaired) electrons. The molecule has 0 spiro atoms. The van der Waals surface area contributed by atoms with Crippen LogP contribution in [0, 0.1) is 0 Å². The topological polar surface area (TPSA) is 96.9 Å². The molecule has 0 fully saturated rings. The molecule has 0 aromatic heterocycles. The Morgan fingerprint density at radius 2 is 1.67 bits per heavy atom. The van der Waals surface area contributed by atoms with Gasteiger partial charge in [0.25, 0.3) is 15.9 Å². The van der Waals surface area contributed by atoms with E-state index in [9.17, 15) is 13.2 Å². The molecule has 0 heterocycles. The van der Waals surface area contributed by atoms with Gasteiger partial charge in [0.2, 0.25) is 0 Å². The Morgan fingerprint density at radius 3 is 2.30 bits per heavy atom. The summed E-state index contributed by atoms with van der Waals surface area (Å²) in [6.07, 6.45) is 3.04. The van der Waals surface area contributed by atoms with E-state index in [0.717, 1.165) is 5.56 Å². The third kappa shape index (κ3) is 7.20. The number of hydrogen-bond acceptors (Lipinski definition) is 5. The minimum absolute atomic E-state index is 0.0996. The van der Waals surface area contributed by atoms with Crippen molar-refractivity contribution in [1.29, 1.82) is 0 Å². The van der Waals surface area contributed by atoms with Gasteiger partial charge in [-0.2, -0.15) is 5.10 Å². The Hall–Kier alpha value is -3.62. The molecule has 1 amide bonds. The fourth-order valence-electron chi connectivity index (χ4n) is 2.75. The lowest BCUT2D eigenvalue weighted by Gasteiger charge is -2.09. The van der Waals surface area contributed by atoms with Gasteiger partial charge in [-0.1, -0.05) is 41.9 Å². The van der Waals surface area contributed by atoms with Crippen LogP contribution in [-0.2, 0) is 10.0 Å². The summed E-state index contributed by atoms with van der Waals surface area (Å²) in [4.78, 5) is 12.3. The van der Waals surface area contributed by atoms with Crippen LogP contribution in [0.4, 0.5) is 5.69 Å². The second-order valence-electron chi connectivity index (χ2n) is 6.73. The smallest absolute Gasteiger partial charge is 0.271 e. The molecule has 0 saturated heterocycles. The first kappa shape index (κ1) is 24.0. The number of carbonyl (C=O) groups excluding carboxylic acids is 1. The Labute approximate surface area is 197 Å². The lowest BCUT2D eigenvalue weighted by Crippen LogP contribution is -2.18. The number of allylic oxidation sites excluding steroid dienone is 1. The summed E-state index contributed by atoms with van der Waals surface area (Å²) in [7, 11) is -3.78. The molecule has 170 valence electrons. The summed E-state index contributed by atoms with van der Waals surface area (Å²) in [5.41, 5.74) is 3.91. The molecule has 0 unspecified atom stereocenters. The monoisotopic (exact) mass is 483 g/mol. The summed E-state index contributed by atoms with van der Waals surface area (Å²) in [6, 6.07) is 21.5. The second-order valence-corrected chi connectivity index (χ2v) is 8.85. The zero-order valence-corrected chi connectivity index (χ0v) is 19.3. The molecule has 0 atom stereocenters. The van der Waals surface area contributed by atoms with Crippen molar-refractivity contribution in [1.82, 2.24) is 5.43 Å². The van der Waals surface area contributed by atoms with Crippen molar-refractivity contribution >= 4 is 45.5 Å². The van der Waals surface area contributed by atoms with E-state index in [4.69, 9.17) is 16.3 Å². The van der Waals surface area contributed by atoms with Crippen LogP contribution in [0.5, 0.6) is 5.75 Å². The molecule has 3 rings (SSSR count). The normalized spacial score (nSPS) is 11.9. The van der Waals surface area contributed by atoms with Crippen LogP contribution in [0.25, 0.3) is 6.08 Å². The van der Waals surface area contributed by atoms with Gasteiger partial charge in [0.1, 0.15) is 5.75 Å². The summed E-state index contributed by atoms with van der Waals surface area (Å²) in [6.45, 7) is 2.34. The van der Waals surface area contributed by atoms with E-state index in [-0.39, 0.29) is 4.90 Å². The molecule has 33 heavy (non-hydrogen) atoms. The average Bonchev–Trinajstić information content (AvgIpc) is 2.80. The number of benzene rings is 3. The average molecular weight is 484 g/mol. The minimum atomic E-state index is -3.78. The summed E-state index contributed by atoms with van der Waals surface area (Å²) >= 11 is 6.09. The number of sulfonamides is 1. The number of amides is 1. The van der Waals surface area contributed by atoms with E-state index in [1.54, 1.807) is 18.2 Å². The molecular weight excluding hydrogens is 462 g/mol. The summed E-state index contributed by atoms with van der Waals surface area (Å²) < 4.78 is 32.9. The third-order valence-corrected chi connectivity index (χ3v) is 5.91. The summed E-state index contributed by atoms with van der Waals surface area (Å²) in [5, 5.41) is 4.19. The van der Waals surface area contributed by atoms with E-state index in [1.807, 2.05) is 37.3 Å². The molecule has 0 aliphatic carbocycles. The molecule has 3 aromatic rings. The number of halogens is 1. The van der Waals surface area contributed by atoms with Gasteiger partial charge < -0.3 is 4.74 Å². The number of hydrogen-bond donors (Lipinski definition) is 2. The van der Waals surface area contributed by atoms with E-state index in [1.165, 1.54) is 42.6 Å². The number of rotatable bonds is 9. The van der Waals surface area contributed by atoms with Crippen molar-refractivity contribution in [3.63, 3.8) is 0 Å². The van der Waals surface area contributed by atoms with Gasteiger partial charge in [0, 0.05) is 11.3 Å². The zero-order valence-electron chi connectivity index (χ0n) is 17.7. The first-order valence-corrected chi connectivity index (χ1v) is 11.8. The van der Waals surface area contributed by atoms with Crippen molar-refractivity contribution in [3.05, 3.63) is 95.0 Å². The Bertz CT molecular complexity index is 1240. The first-order chi connectivity index (χ1) is 15.9. The highest BCUT2D eigenvalue weighted by molar-refractivity contribution is 7.92. The fourth-order valence-corrected chi connectivity index (χ4v) is 3.98. The third-order valence-electron chi connectivity index (χ3n) is 4.30. The molecular formula is C24H22ClN3O4S. The molecule has 7 nitrogen and oxygen atoms in total. The highest BCUT2D eigenvalue weighted by atomic mass is 35.5. The maximum atomic E-state index is 12.6. The molecule has 9 heteroatoms. The Morgan fingerprint density at radius 1 is 1.00 bits per heavy atom. The molecule has 0 bridgehead atoms. The lowest BCUT2D eigenvalue weighted by atomic mass is 10.2. The maximum absolute atomic E-state index is 12.6. The van der Waals surface area contributed by atoms with Crippen LogP contribution < -0.4 is 14.9 Å². The van der Waals surface area contributed by atoms with Crippen LogP contribution in [-0.4, -0.2) is 27.1 Å². The molecule has 0 aliphatic heterocycles. The van der Waals surface area contributed by atoms with E-state index in [2.05, 4.69) is 15.2 Å². The van der Waals surface area contributed by atoms with Gasteiger partial charge in [-0.3, -0.25) is 9.52 Å². The Kier molecular flexibility index (Phi) is 8.23. The van der Waals surface area contributed by atoms with Crippen LogP contribution in [0.15, 0.2) is 93.9 Å². The van der Waals surface area contributed by atoms with Gasteiger partial charge in [-0.05, 0) is 67.1 Å². The highest BCUT2D eigenvalue weighted by Gasteiger charge is 2.14. The minimum Gasteiger partial charge on any atom is -0.494 e. The first-order valence-electron chi connectivity index (χ1n) is 9.99. The Balaban J connectivity index is 1.58.